The number of benzene rings is 1. The Hall–Kier alpha value is -2.16. The molecular formula is C15H16N4O. The van der Waals surface area contributed by atoms with Crippen molar-refractivity contribution in [1.29, 1.82) is 0 Å². The summed E-state index contributed by atoms with van der Waals surface area (Å²) in [6, 6.07) is 8.06. The van der Waals surface area contributed by atoms with Gasteiger partial charge in [-0.3, -0.25) is 4.90 Å². The molecule has 0 atom stereocenters. The highest BCUT2D eigenvalue weighted by molar-refractivity contribution is 5.41. The second-order valence-electron chi connectivity index (χ2n) is 4.77. The normalized spacial score (nSPS) is 14.4. The van der Waals surface area contributed by atoms with E-state index in [1.807, 2.05) is 18.2 Å². The van der Waals surface area contributed by atoms with Crippen LogP contribution >= 0.6 is 0 Å². The van der Waals surface area contributed by atoms with E-state index in [1.54, 1.807) is 6.33 Å². The van der Waals surface area contributed by atoms with Gasteiger partial charge in [-0.1, -0.05) is 30.0 Å². The van der Waals surface area contributed by atoms with E-state index in [4.69, 9.17) is 5.11 Å². The molecule has 5 heteroatoms. The van der Waals surface area contributed by atoms with Crippen LogP contribution in [-0.4, -0.2) is 37.9 Å². The van der Waals surface area contributed by atoms with Crippen LogP contribution in [0.3, 0.4) is 0 Å². The number of aromatic nitrogens is 3. The summed E-state index contributed by atoms with van der Waals surface area (Å²) in [5.74, 6) is 6.73. The summed E-state index contributed by atoms with van der Waals surface area (Å²) in [5.41, 5.74) is 2.16. The maximum Gasteiger partial charge on any atom is 0.147 e. The molecule has 1 aromatic heterocycles. The van der Waals surface area contributed by atoms with Gasteiger partial charge in [0.05, 0.1) is 6.54 Å². The van der Waals surface area contributed by atoms with Crippen LogP contribution in [0.15, 0.2) is 30.6 Å². The van der Waals surface area contributed by atoms with Gasteiger partial charge in [0.15, 0.2) is 0 Å². The van der Waals surface area contributed by atoms with Gasteiger partial charge in [0.2, 0.25) is 0 Å². The fourth-order valence-corrected chi connectivity index (χ4v) is 2.41. The van der Waals surface area contributed by atoms with Crippen molar-refractivity contribution in [2.75, 3.05) is 13.2 Å². The van der Waals surface area contributed by atoms with Crippen molar-refractivity contribution in [2.24, 2.45) is 0 Å². The van der Waals surface area contributed by atoms with Crippen molar-refractivity contribution in [2.45, 2.75) is 19.6 Å². The lowest BCUT2D eigenvalue weighted by molar-refractivity contribution is 0.208. The Kier molecular flexibility index (Phi) is 3.77. The number of nitrogens with zero attached hydrogens (tertiary/aromatic N) is 4. The first-order valence-corrected chi connectivity index (χ1v) is 6.63. The molecular weight excluding hydrogens is 252 g/mol. The molecule has 0 saturated heterocycles. The third-order valence-corrected chi connectivity index (χ3v) is 3.43. The first kappa shape index (κ1) is 12.9. The molecule has 1 aromatic carbocycles. The van der Waals surface area contributed by atoms with Crippen LogP contribution in [-0.2, 0) is 19.6 Å². The van der Waals surface area contributed by atoms with Gasteiger partial charge in [0.25, 0.3) is 0 Å². The zero-order valence-corrected chi connectivity index (χ0v) is 11.2. The van der Waals surface area contributed by atoms with Crippen molar-refractivity contribution >= 4 is 0 Å². The Bertz CT molecular complexity index is 653. The van der Waals surface area contributed by atoms with Gasteiger partial charge in [0.1, 0.15) is 18.8 Å². The highest BCUT2D eigenvalue weighted by atomic mass is 16.2. The Morgan fingerprint density at radius 1 is 1.25 bits per heavy atom. The summed E-state index contributed by atoms with van der Waals surface area (Å²) in [6.07, 6.45) is 1.79. The summed E-state index contributed by atoms with van der Waals surface area (Å²) in [4.78, 5) is 2.34. The summed E-state index contributed by atoms with van der Waals surface area (Å²) in [7, 11) is 0. The van der Waals surface area contributed by atoms with Crippen LogP contribution in [0.25, 0.3) is 0 Å². The van der Waals surface area contributed by atoms with Crippen molar-refractivity contribution in [3.05, 3.63) is 47.5 Å². The van der Waals surface area contributed by atoms with E-state index in [9.17, 15) is 0 Å². The van der Waals surface area contributed by atoms with E-state index in [-0.39, 0.29) is 6.61 Å². The highest BCUT2D eigenvalue weighted by Crippen LogP contribution is 2.15. The van der Waals surface area contributed by atoms with Crippen LogP contribution in [0.4, 0.5) is 0 Å². The topological polar surface area (TPSA) is 54.2 Å². The Balaban J connectivity index is 1.76. The van der Waals surface area contributed by atoms with Crippen LogP contribution < -0.4 is 0 Å². The first-order chi connectivity index (χ1) is 9.86. The number of fused-ring (bicyclic) bond motifs is 1. The third kappa shape index (κ3) is 2.72. The monoisotopic (exact) mass is 268 g/mol. The number of hydrogen-bond acceptors (Lipinski definition) is 4. The Morgan fingerprint density at radius 2 is 2.15 bits per heavy atom. The second kappa shape index (κ2) is 5.87. The van der Waals surface area contributed by atoms with Crippen molar-refractivity contribution in [3.8, 4) is 11.8 Å². The van der Waals surface area contributed by atoms with Crippen LogP contribution in [0.2, 0.25) is 0 Å². The molecule has 0 fully saturated rings. The molecule has 0 amide bonds. The molecule has 0 aliphatic carbocycles. The molecule has 20 heavy (non-hydrogen) atoms. The minimum absolute atomic E-state index is 0.110. The number of hydrogen-bond donors (Lipinski definition) is 1. The lowest BCUT2D eigenvalue weighted by atomic mass is 10.1. The summed E-state index contributed by atoms with van der Waals surface area (Å²) < 4.78 is 2.09. The van der Waals surface area contributed by atoms with Crippen molar-refractivity contribution < 1.29 is 5.11 Å². The summed E-state index contributed by atoms with van der Waals surface area (Å²) in [5, 5.41) is 16.9. The molecule has 1 aliphatic heterocycles. The molecule has 1 aliphatic rings. The fourth-order valence-electron chi connectivity index (χ4n) is 2.41. The van der Waals surface area contributed by atoms with Crippen molar-refractivity contribution in [3.63, 3.8) is 0 Å². The zero-order chi connectivity index (χ0) is 13.8. The van der Waals surface area contributed by atoms with Gasteiger partial charge in [-0.2, -0.15) is 0 Å². The maximum absolute atomic E-state index is 8.82. The highest BCUT2D eigenvalue weighted by Gasteiger charge is 2.17. The molecule has 2 aromatic rings. The van der Waals surface area contributed by atoms with Gasteiger partial charge >= 0.3 is 0 Å². The average Bonchev–Trinajstić information content (AvgIpc) is 2.94. The molecule has 1 N–H and O–H groups in total. The lowest BCUT2D eigenvalue weighted by Gasteiger charge is -2.27. The van der Waals surface area contributed by atoms with Crippen LogP contribution in [0, 0.1) is 11.8 Å². The standard InChI is InChI=1S/C15H16N4O/c20-9-3-6-13-4-1-2-5-14(13)10-18-7-8-19-12-16-17-15(19)11-18/h1-2,4-5,12,20H,7-11H2. The smallest absolute Gasteiger partial charge is 0.147 e. The minimum atomic E-state index is -0.110. The van der Waals surface area contributed by atoms with Gasteiger partial charge in [0, 0.05) is 25.2 Å². The number of aliphatic hydroxyl groups is 1. The molecule has 0 unspecified atom stereocenters. The molecule has 0 spiro atoms. The molecule has 0 radical (unpaired) electrons. The fraction of sp³-hybridized carbons (Fsp3) is 0.333. The first-order valence-electron chi connectivity index (χ1n) is 6.63. The lowest BCUT2D eigenvalue weighted by Crippen LogP contribution is -2.33. The van der Waals surface area contributed by atoms with E-state index in [0.717, 1.165) is 37.6 Å². The minimum Gasteiger partial charge on any atom is -0.384 e. The predicted octanol–water partition coefficient (Wildman–Crippen LogP) is 0.638. The molecule has 102 valence electrons. The van der Waals surface area contributed by atoms with Crippen molar-refractivity contribution in [1.82, 2.24) is 19.7 Å². The molecule has 0 saturated carbocycles. The summed E-state index contributed by atoms with van der Waals surface area (Å²) >= 11 is 0. The van der Waals surface area contributed by atoms with Crippen LogP contribution in [0.1, 0.15) is 17.0 Å². The average molecular weight is 268 g/mol. The van der Waals surface area contributed by atoms with E-state index in [1.165, 1.54) is 5.56 Å². The summed E-state index contributed by atoms with van der Waals surface area (Å²) in [6.45, 7) is 3.44. The van der Waals surface area contributed by atoms with Gasteiger partial charge in [-0.15, -0.1) is 10.2 Å². The molecule has 2 heterocycles. The van der Waals surface area contributed by atoms with Crippen LogP contribution in [0.5, 0.6) is 0 Å². The Morgan fingerprint density at radius 3 is 3.05 bits per heavy atom. The Labute approximate surface area is 117 Å². The van der Waals surface area contributed by atoms with Gasteiger partial charge in [-0.25, -0.2) is 0 Å². The predicted molar refractivity (Wildman–Crippen MR) is 74.5 cm³/mol. The number of aliphatic hydroxyl groups excluding tert-OH is 1. The molecule has 0 bridgehead atoms. The molecule has 3 rings (SSSR count). The van der Waals surface area contributed by atoms with E-state index in [0.29, 0.717) is 0 Å². The number of rotatable bonds is 2. The van der Waals surface area contributed by atoms with E-state index in [2.05, 4.69) is 37.6 Å². The van der Waals surface area contributed by atoms with Gasteiger partial charge < -0.3 is 9.67 Å². The maximum atomic E-state index is 8.82. The van der Waals surface area contributed by atoms with E-state index < -0.39 is 0 Å². The SMILES string of the molecule is OCC#Cc1ccccc1CN1CCn2cnnc2C1. The molecule has 5 nitrogen and oxygen atoms in total. The largest absolute Gasteiger partial charge is 0.384 e. The zero-order valence-electron chi connectivity index (χ0n) is 11.2. The second-order valence-corrected chi connectivity index (χ2v) is 4.77. The van der Waals surface area contributed by atoms with E-state index >= 15 is 0 Å². The van der Waals surface area contributed by atoms with Gasteiger partial charge in [-0.05, 0) is 11.6 Å². The third-order valence-electron chi connectivity index (χ3n) is 3.43. The quantitative estimate of drug-likeness (QED) is 0.812.